The van der Waals surface area contributed by atoms with Crippen LogP contribution in [-0.4, -0.2) is 64.6 Å². The highest BCUT2D eigenvalue weighted by atomic mass is 19.4. The van der Waals surface area contributed by atoms with Gasteiger partial charge in [-0.3, -0.25) is 0 Å². The van der Waals surface area contributed by atoms with E-state index < -0.39 is 47.8 Å². The number of halogens is 17. The molecule has 0 unspecified atom stereocenters. The molecule has 2 nitrogen and oxygen atoms in total. The van der Waals surface area contributed by atoms with Crippen molar-refractivity contribution in [3.8, 4) is 0 Å². The van der Waals surface area contributed by atoms with Gasteiger partial charge in [-0.15, -0.1) is 0 Å². The zero-order valence-electron chi connectivity index (χ0n) is 13.0. The minimum Gasteiger partial charge on any atom is -0.397 e. The Morgan fingerprint density at radius 2 is 0.621 bits per heavy atom. The Kier molecular flexibility index (Phi) is 8.02. The number of aliphatic hydroxyl groups is 2. The molecule has 0 aliphatic rings. The molecule has 0 amide bonds. The van der Waals surface area contributed by atoms with Gasteiger partial charge in [-0.25, -0.2) is 0 Å². The Hall–Kier alpha value is -1.27. The van der Waals surface area contributed by atoms with Crippen molar-refractivity contribution in [3.05, 3.63) is 0 Å². The van der Waals surface area contributed by atoms with Crippen LogP contribution in [0.25, 0.3) is 0 Å². The van der Waals surface area contributed by atoms with E-state index in [9.17, 15) is 74.6 Å². The maximum Gasteiger partial charge on any atom is 0.460 e. The summed E-state index contributed by atoms with van der Waals surface area (Å²) < 4.78 is 210. The Balaban J connectivity index is 0. The lowest BCUT2D eigenvalue weighted by molar-refractivity contribution is -0.474. The van der Waals surface area contributed by atoms with Crippen molar-refractivity contribution >= 4 is 0 Å². The molecule has 0 radical (unpaired) electrons. The number of rotatable bonds is 6. The van der Waals surface area contributed by atoms with Crippen molar-refractivity contribution in [3.63, 3.8) is 0 Å². The highest BCUT2D eigenvalue weighted by Crippen LogP contribution is 2.63. The van der Waals surface area contributed by atoms with E-state index in [0.717, 1.165) is 0 Å². The van der Waals surface area contributed by atoms with Crippen molar-refractivity contribution in [2.45, 2.75) is 54.7 Å². The molecule has 0 aromatic heterocycles. The van der Waals surface area contributed by atoms with Gasteiger partial charge in [0.2, 0.25) is 0 Å². The quantitative estimate of drug-likeness (QED) is 0.527. The first kappa shape index (κ1) is 29.9. The minimum atomic E-state index is -8.67. The maximum absolute atomic E-state index is 12.8. The van der Waals surface area contributed by atoms with Gasteiger partial charge in [0.15, 0.2) is 0 Å². The van der Waals surface area contributed by atoms with Gasteiger partial charge in [-0.1, -0.05) is 0 Å². The molecule has 0 aliphatic carbocycles. The standard InChI is InChI=1S/C8HF17O.C2H6O/c9-1(10,3(13,14)5(17,18)7(21,22)23)2(11,12)4(15,16)6(19,20)8(24,25)26;1-2-3/h26H;3H,2H2,1H3. The van der Waals surface area contributed by atoms with Crippen molar-refractivity contribution in [1.82, 2.24) is 0 Å². The molecule has 0 fully saturated rings. The van der Waals surface area contributed by atoms with Crippen LogP contribution in [0.15, 0.2) is 0 Å². The minimum absolute atomic E-state index is 0.250. The van der Waals surface area contributed by atoms with E-state index in [2.05, 4.69) is 0 Å². The van der Waals surface area contributed by atoms with Gasteiger partial charge in [0, 0.05) is 6.61 Å². The lowest BCUT2D eigenvalue weighted by Gasteiger charge is -2.41. The van der Waals surface area contributed by atoms with Crippen LogP contribution >= 0.6 is 0 Å². The van der Waals surface area contributed by atoms with E-state index in [0.29, 0.717) is 0 Å². The second-order valence-electron chi connectivity index (χ2n) is 4.80. The smallest absolute Gasteiger partial charge is 0.397 e. The first-order valence-corrected chi connectivity index (χ1v) is 6.21. The zero-order valence-corrected chi connectivity index (χ0v) is 13.0. The maximum atomic E-state index is 12.8. The normalized spacial score (nSPS) is 15.7. The molecule has 0 bridgehead atoms. The molecule has 0 heterocycles. The second-order valence-corrected chi connectivity index (χ2v) is 4.80. The lowest BCUT2D eigenvalue weighted by atomic mass is 9.91. The average Bonchev–Trinajstić information content (AvgIpc) is 2.44. The summed E-state index contributed by atoms with van der Waals surface area (Å²) in [4.78, 5) is 0. The Labute approximate surface area is 147 Å². The topological polar surface area (TPSA) is 40.5 Å². The molecule has 2 N–H and O–H groups in total. The Bertz CT molecular complexity index is 495. The highest BCUT2D eigenvalue weighted by Gasteiger charge is 2.95. The summed E-state index contributed by atoms with van der Waals surface area (Å²) in [6.07, 6.45) is -15.1. The summed E-state index contributed by atoms with van der Waals surface area (Å²) in [7, 11) is 0. The lowest BCUT2D eigenvalue weighted by Crippen LogP contribution is -2.74. The van der Waals surface area contributed by atoms with E-state index in [-0.39, 0.29) is 6.61 Å². The molecule has 0 aliphatic heterocycles. The van der Waals surface area contributed by atoms with E-state index in [4.69, 9.17) is 10.2 Å². The first-order chi connectivity index (χ1) is 12.2. The van der Waals surface area contributed by atoms with Crippen LogP contribution in [-0.2, 0) is 0 Å². The van der Waals surface area contributed by atoms with Gasteiger partial charge in [-0.05, 0) is 6.92 Å². The van der Waals surface area contributed by atoms with Crippen molar-refractivity contribution in [2.75, 3.05) is 6.61 Å². The van der Waals surface area contributed by atoms with Gasteiger partial charge in [0.25, 0.3) is 0 Å². The summed E-state index contributed by atoms with van der Waals surface area (Å²) in [5, 5.41) is 14.9. The molecular weight excluding hydrogens is 475 g/mol. The van der Waals surface area contributed by atoms with E-state index in [1.807, 2.05) is 0 Å². The third-order valence-corrected chi connectivity index (χ3v) is 2.71. The fourth-order valence-electron chi connectivity index (χ4n) is 1.16. The van der Waals surface area contributed by atoms with E-state index in [1.165, 1.54) is 0 Å². The molecule has 0 spiro atoms. The molecule has 29 heavy (non-hydrogen) atoms. The van der Waals surface area contributed by atoms with Gasteiger partial charge >= 0.3 is 47.8 Å². The third kappa shape index (κ3) is 4.29. The largest absolute Gasteiger partial charge is 0.460 e. The van der Waals surface area contributed by atoms with E-state index >= 15 is 0 Å². The fraction of sp³-hybridized carbons (Fsp3) is 1.00. The first-order valence-electron chi connectivity index (χ1n) is 6.21. The Morgan fingerprint density at radius 1 is 0.448 bits per heavy atom. The molecule has 0 aromatic rings. The zero-order chi connectivity index (χ0) is 24.7. The number of hydrogen-bond donors (Lipinski definition) is 2. The van der Waals surface area contributed by atoms with Gasteiger partial charge in [-0.2, -0.15) is 74.6 Å². The van der Waals surface area contributed by atoms with Crippen LogP contribution in [0.5, 0.6) is 0 Å². The number of aliphatic hydroxyl groups excluding tert-OH is 1. The summed E-state index contributed by atoms with van der Waals surface area (Å²) >= 11 is 0. The van der Waals surface area contributed by atoms with Crippen molar-refractivity contribution in [1.29, 1.82) is 0 Å². The number of hydrogen-bond acceptors (Lipinski definition) is 2. The summed E-state index contributed by atoms with van der Waals surface area (Å²) in [6.45, 7) is 1.93. The van der Waals surface area contributed by atoms with Crippen molar-refractivity contribution < 1.29 is 84.9 Å². The summed E-state index contributed by atoms with van der Waals surface area (Å²) in [5.41, 5.74) is 0. The SMILES string of the molecule is CCO.OC(F)(F)C(F)(F)C(F)(F)C(F)(F)C(F)(F)C(F)(F)C(F)(F)C(F)(F)F. The summed E-state index contributed by atoms with van der Waals surface area (Å²) in [6, 6.07) is 0. The highest BCUT2D eigenvalue weighted by molar-refractivity contribution is 5.14. The third-order valence-electron chi connectivity index (χ3n) is 2.71. The number of alkyl halides is 17. The predicted octanol–water partition coefficient (Wildman–Crippen LogP) is 4.94. The van der Waals surface area contributed by atoms with Crippen LogP contribution in [0.1, 0.15) is 6.92 Å². The fourth-order valence-corrected chi connectivity index (χ4v) is 1.16. The second kappa shape index (κ2) is 7.77. The molecule has 0 saturated heterocycles. The molecule has 19 heteroatoms. The average molecular weight is 482 g/mol. The molecular formula is C10H7F17O2. The summed E-state index contributed by atoms with van der Waals surface area (Å²) in [5.74, 6) is -50.5. The van der Waals surface area contributed by atoms with Gasteiger partial charge < -0.3 is 10.2 Å². The molecule has 0 aromatic carbocycles. The molecule has 0 atom stereocenters. The van der Waals surface area contributed by atoms with Gasteiger partial charge in [0.1, 0.15) is 0 Å². The van der Waals surface area contributed by atoms with E-state index in [1.54, 1.807) is 6.92 Å². The Morgan fingerprint density at radius 3 is 0.793 bits per heavy atom. The van der Waals surface area contributed by atoms with Crippen LogP contribution in [0.2, 0.25) is 0 Å². The van der Waals surface area contributed by atoms with Crippen molar-refractivity contribution in [2.24, 2.45) is 0 Å². The van der Waals surface area contributed by atoms with Crippen LogP contribution < -0.4 is 0 Å². The van der Waals surface area contributed by atoms with Crippen LogP contribution in [0.3, 0.4) is 0 Å². The van der Waals surface area contributed by atoms with Crippen LogP contribution in [0, 0.1) is 0 Å². The predicted molar refractivity (Wildman–Crippen MR) is 55.7 cm³/mol. The molecule has 0 rings (SSSR count). The molecule has 178 valence electrons. The molecule has 0 saturated carbocycles. The monoisotopic (exact) mass is 482 g/mol. The van der Waals surface area contributed by atoms with Gasteiger partial charge in [0.05, 0.1) is 0 Å². The van der Waals surface area contributed by atoms with Crippen LogP contribution in [0.4, 0.5) is 74.6 Å².